The van der Waals surface area contributed by atoms with Gasteiger partial charge < -0.3 is 15.0 Å². The van der Waals surface area contributed by atoms with Crippen LogP contribution in [0.25, 0.3) is 16.8 Å². The highest BCUT2D eigenvalue weighted by Gasteiger charge is 2.48. The number of hydrogen-bond donors (Lipinski definition) is 1. The molecule has 8 heteroatoms. The van der Waals surface area contributed by atoms with Crippen molar-refractivity contribution in [3.05, 3.63) is 47.3 Å². The maximum Gasteiger partial charge on any atom is 0.154 e. The molecule has 1 aromatic carbocycles. The van der Waals surface area contributed by atoms with Crippen LogP contribution in [-0.4, -0.2) is 46.4 Å². The largest absolute Gasteiger partial charge is 0.377 e. The summed E-state index contributed by atoms with van der Waals surface area (Å²) in [6.45, 7) is 6.33. The topological polar surface area (TPSA) is 66.5 Å². The first-order valence-corrected chi connectivity index (χ1v) is 11.0. The highest BCUT2D eigenvalue weighted by atomic mass is 35.5. The van der Waals surface area contributed by atoms with E-state index in [0.29, 0.717) is 17.9 Å². The number of aromatic nitrogens is 3. The summed E-state index contributed by atoms with van der Waals surface area (Å²) >= 11 is 6.03. The van der Waals surface area contributed by atoms with Gasteiger partial charge in [0.1, 0.15) is 5.52 Å². The number of hydrogen-bond acceptors (Lipinski definition) is 5. The van der Waals surface area contributed by atoms with Crippen molar-refractivity contribution in [1.29, 1.82) is 5.41 Å². The van der Waals surface area contributed by atoms with E-state index < -0.39 is 5.82 Å². The molecule has 31 heavy (non-hydrogen) atoms. The average Bonchev–Trinajstić information content (AvgIpc) is 3.36. The molecule has 1 N–H and O–H groups in total. The number of benzene rings is 1. The zero-order valence-corrected chi connectivity index (χ0v) is 18.4. The molecular formula is C23H25ClFN5O. The number of nitrogens with one attached hydrogen (secondary N) is 1. The number of imidazole rings is 1. The minimum atomic E-state index is -0.454. The van der Waals surface area contributed by atoms with Gasteiger partial charge in [-0.2, -0.15) is 0 Å². The normalized spacial score (nSPS) is 23.0. The number of halogens is 2. The van der Waals surface area contributed by atoms with Crippen LogP contribution in [-0.2, 0) is 4.74 Å². The van der Waals surface area contributed by atoms with E-state index >= 15 is 0 Å². The van der Waals surface area contributed by atoms with E-state index in [1.165, 1.54) is 0 Å². The molecule has 2 atom stereocenters. The molecule has 5 rings (SSSR count). The van der Waals surface area contributed by atoms with Crippen LogP contribution in [0.1, 0.15) is 25.5 Å². The fraction of sp³-hybridized carbons (Fsp3) is 0.435. The van der Waals surface area contributed by atoms with Crippen LogP contribution in [0.15, 0.2) is 30.7 Å². The van der Waals surface area contributed by atoms with Crippen molar-refractivity contribution in [1.82, 2.24) is 14.4 Å². The van der Waals surface area contributed by atoms with Crippen LogP contribution in [0, 0.1) is 29.5 Å². The fourth-order valence-corrected chi connectivity index (χ4v) is 5.45. The Hall–Kier alpha value is -2.51. The molecule has 3 aromatic rings. The number of rotatable bonds is 3. The molecule has 0 amide bonds. The van der Waals surface area contributed by atoms with Crippen LogP contribution in [0.3, 0.4) is 0 Å². The molecule has 2 aliphatic rings. The van der Waals surface area contributed by atoms with Crippen molar-refractivity contribution < 1.29 is 9.13 Å². The van der Waals surface area contributed by atoms with E-state index in [1.807, 2.05) is 11.3 Å². The minimum Gasteiger partial charge on any atom is -0.377 e. The molecule has 0 unspecified atom stereocenters. The third-order valence-electron chi connectivity index (χ3n) is 7.02. The standard InChI is InChI=1S/C23H25ClFN5O/c1-14-21(16-4-3-5-18(24)20(16)25)30-13-27-11-19(30)22(28-14)29-8-6-23(7-9-29)12-31-15(2)17(23)10-26/h3-5,10-11,13,15,17,26H,6-9,12H2,1-2H3/t15-,17+/m0/s1. The number of fused-ring (bicyclic) bond motifs is 1. The Morgan fingerprint density at radius 1 is 1.32 bits per heavy atom. The first kappa shape index (κ1) is 20.4. The molecule has 1 spiro atoms. The molecule has 0 saturated carbocycles. The van der Waals surface area contributed by atoms with E-state index in [1.54, 1.807) is 36.9 Å². The van der Waals surface area contributed by atoms with Gasteiger partial charge in [-0.05, 0) is 38.8 Å². The highest BCUT2D eigenvalue weighted by Crippen LogP contribution is 2.46. The number of piperidine rings is 1. The molecule has 0 bridgehead atoms. The average molecular weight is 442 g/mol. The highest BCUT2D eigenvalue weighted by molar-refractivity contribution is 6.31. The summed E-state index contributed by atoms with van der Waals surface area (Å²) < 4.78 is 22.6. The van der Waals surface area contributed by atoms with Crippen molar-refractivity contribution >= 4 is 29.2 Å². The van der Waals surface area contributed by atoms with Gasteiger partial charge in [-0.15, -0.1) is 0 Å². The van der Waals surface area contributed by atoms with Gasteiger partial charge in [0.05, 0.1) is 41.6 Å². The van der Waals surface area contributed by atoms with E-state index in [-0.39, 0.29) is 22.5 Å². The first-order chi connectivity index (χ1) is 14.9. The van der Waals surface area contributed by atoms with Gasteiger partial charge in [0, 0.05) is 36.2 Å². The smallest absolute Gasteiger partial charge is 0.154 e. The Balaban J connectivity index is 1.51. The van der Waals surface area contributed by atoms with Gasteiger partial charge in [0.2, 0.25) is 0 Å². The quantitative estimate of drug-likeness (QED) is 0.594. The minimum absolute atomic E-state index is 0.0348. The molecular weight excluding hydrogens is 417 g/mol. The third kappa shape index (κ3) is 3.13. The van der Waals surface area contributed by atoms with Crippen molar-refractivity contribution in [2.45, 2.75) is 32.8 Å². The Morgan fingerprint density at radius 3 is 2.84 bits per heavy atom. The fourth-order valence-electron chi connectivity index (χ4n) is 5.28. The first-order valence-electron chi connectivity index (χ1n) is 10.6. The van der Waals surface area contributed by atoms with E-state index in [4.69, 9.17) is 26.7 Å². The maximum atomic E-state index is 14.8. The van der Waals surface area contributed by atoms with Crippen LogP contribution in [0.2, 0.25) is 5.02 Å². The van der Waals surface area contributed by atoms with Crippen molar-refractivity contribution in [2.75, 3.05) is 24.6 Å². The number of ether oxygens (including phenoxy) is 1. The van der Waals surface area contributed by atoms with Crippen LogP contribution < -0.4 is 4.90 Å². The Morgan fingerprint density at radius 2 is 2.10 bits per heavy atom. The summed E-state index contributed by atoms with van der Waals surface area (Å²) in [6, 6.07) is 5.00. The molecule has 0 radical (unpaired) electrons. The second-order valence-corrected chi connectivity index (χ2v) is 9.08. The predicted molar refractivity (Wildman–Crippen MR) is 120 cm³/mol. The van der Waals surface area contributed by atoms with Crippen LogP contribution >= 0.6 is 11.6 Å². The van der Waals surface area contributed by atoms with E-state index in [9.17, 15) is 4.39 Å². The predicted octanol–water partition coefficient (Wildman–Crippen LogP) is 4.77. The van der Waals surface area contributed by atoms with Gasteiger partial charge >= 0.3 is 0 Å². The van der Waals surface area contributed by atoms with Gasteiger partial charge in [0.25, 0.3) is 0 Å². The van der Waals surface area contributed by atoms with E-state index in [2.05, 4.69) is 16.8 Å². The van der Waals surface area contributed by atoms with Crippen molar-refractivity contribution in [2.24, 2.45) is 11.3 Å². The monoisotopic (exact) mass is 441 g/mol. The van der Waals surface area contributed by atoms with Crippen molar-refractivity contribution in [3.8, 4) is 11.3 Å². The molecule has 2 fully saturated rings. The Kier molecular flexibility index (Phi) is 4.98. The zero-order chi connectivity index (χ0) is 21.8. The lowest BCUT2D eigenvalue weighted by Crippen LogP contribution is -2.45. The number of nitrogens with zero attached hydrogens (tertiary/aromatic N) is 4. The molecule has 2 aliphatic heterocycles. The van der Waals surface area contributed by atoms with Crippen molar-refractivity contribution in [3.63, 3.8) is 0 Å². The number of anilines is 1. The molecule has 2 saturated heterocycles. The SMILES string of the molecule is Cc1nc(N2CCC3(CC2)CO[C@@H](C)[C@H]3C=N)c2cncn2c1-c1cccc(Cl)c1F. The van der Waals surface area contributed by atoms with E-state index in [0.717, 1.165) is 43.0 Å². The molecule has 6 nitrogen and oxygen atoms in total. The maximum absolute atomic E-state index is 14.8. The molecule has 0 aliphatic carbocycles. The van der Waals surface area contributed by atoms with Gasteiger partial charge in [0.15, 0.2) is 11.6 Å². The summed E-state index contributed by atoms with van der Waals surface area (Å²) in [5.41, 5.74) is 2.67. The second-order valence-electron chi connectivity index (χ2n) is 8.68. The lowest BCUT2D eigenvalue weighted by atomic mass is 9.69. The zero-order valence-electron chi connectivity index (χ0n) is 17.6. The summed E-state index contributed by atoms with van der Waals surface area (Å²) in [6.07, 6.45) is 7.04. The summed E-state index contributed by atoms with van der Waals surface area (Å²) in [5, 5.41) is 7.96. The van der Waals surface area contributed by atoms with Gasteiger partial charge in [-0.3, -0.25) is 4.40 Å². The van der Waals surface area contributed by atoms with Crippen LogP contribution in [0.4, 0.5) is 10.2 Å². The Labute approximate surface area is 185 Å². The molecule has 2 aromatic heterocycles. The summed E-state index contributed by atoms with van der Waals surface area (Å²) in [7, 11) is 0. The van der Waals surface area contributed by atoms with Gasteiger partial charge in [-0.1, -0.05) is 17.7 Å². The lowest BCUT2D eigenvalue weighted by Gasteiger charge is -2.42. The second kappa shape index (κ2) is 7.57. The molecule has 4 heterocycles. The lowest BCUT2D eigenvalue weighted by molar-refractivity contribution is 0.0973. The molecule has 162 valence electrons. The number of aryl methyl sites for hydroxylation is 1. The summed E-state index contributed by atoms with van der Waals surface area (Å²) in [5.74, 6) is 0.562. The third-order valence-corrected chi connectivity index (χ3v) is 7.31. The summed E-state index contributed by atoms with van der Waals surface area (Å²) in [4.78, 5) is 11.5. The Bertz CT molecular complexity index is 1150. The van der Waals surface area contributed by atoms with Gasteiger partial charge in [-0.25, -0.2) is 14.4 Å². The van der Waals surface area contributed by atoms with Crippen LogP contribution in [0.5, 0.6) is 0 Å².